The third-order valence-electron chi connectivity index (χ3n) is 4.95. The van der Waals surface area contributed by atoms with Crippen LogP contribution in [0, 0.1) is 10.8 Å². The highest BCUT2D eigenvalue weighted by molar-refractivity contribution is 5.96. The summed E-state index contributed by atoms with van der Waals surface area (Å²) in [6, 6.07) is 16.1. The molecule has 11 nitrogen and oxygen atoms in total. The SMILES string of the molecule is CCOC(=N)c1ccc(Oc2ccc(C(=O)NCCC(=O)O)c(Oc3ccc(C(=N)OCC)cc3)n2)cc1. The number of carboxylic acid groups (broad SMARTS) is 1. The first kappa shape index (κ1) is 27.7. The monoisotopic (exact) mass is 520 g/mol. The molecule has 3 rings (SSSR count). The zero-order valence-corrected chi connectivity index (χ0v) is 20.9. The molecule has 0 radical (unpaired) electrons. The number of hydrogen-bond acceptors (Lipinski definition) is 9. The van der Waals surface area contributed by atoms with Crippen molar-refractivity contribution in [1.82, 2.24) is 10.3 Å². The van der Waals surface area contributed by atoms with Crippen molar-refractivity contribution in [3.8, 4) is 23.3 Å². The predicted molar refractivity (Wildman–Crippen MR) is 139 cm³/mol. The molecule has 1 aromatic heterocycles. The summed E-state index contributed by atoms with van der Waals surface area (Å²) in [6.07, 6.45) is -0.236. The van der Waals surface area contributed by atoms with Gasteiger partial charge in [0, 0.05) is 23.7 Å². The number of carboxylic acids is 1. The van der Waals surface area contributed by atoms with Crippen LogP contribution < -0.4 is 14.8 Å². The number of hydrogen-bond donors (Lipinski definition) is 4. The van der Waals surface area contributed by atoms with Gasteiger partial charge in [-0.05, 0) is 68.4 Å². The van der Waals surface area contributed by atoms with Gasteiger partial charge >= 0.3 is 5.97 Å². The largest absolute Gasteiger partial charge is 0.481 e. The van der Waals surface area contributed by atoms with Crippen molar-refractivity contribution in [2.24, 2.45) is 0 Å². The summed E-state index contributed by atoms with van der Waals surface area (Å²) >= 11 is 0. The molecule has 3 aromatic rings. The van der Waals surface area contributed by atoms with E-state index in [1.807, 2.05) is 0 Å². The van der Waals surface area contributed by atoms with E-state index in [0.717, 1.165) is 0 Å². The minimum atomic E-state index is -1.04. The first-order chi connectivity index (χ1) is 18.3. The Hall–Kier alpha value is -4.93. The van der Waals surface area contributed by atoms with Crippen molar-refractivity contribution in [3.63, 3.8) is 0 Å². The van der Waals surface area contributed by atoms with Crippen LogP contribution in [0.3, 0.4) is 0 Å². The summed E-state index contributed by atoms with van der Waals surface area (Å²) in [5.41, 5.74) is 1.22. The third-order valence-corrected chi connectivity index (χ3v) is 4.95. The summed E-state index contributed by atoms with van der Waals surface area (Å²) in [7, 11) is 0. The molecular formula is C27H28N4O7. The number of carbonyl (C=O) groups excluding carboxylic acids is 1. The van der Waals surface area contributed by atoms with Crippen LogP contribution in [-0.4, -0.2) is 53.5 Å². The molecule has 2 aromatic carbocycles. The molecule has 1 amide bonds. The molecule has 4 N–H and O–H groups in total. The molecule has 0 bridgehead atoms. The van der Waals surface area contributed by atoms with Crippen LogP contribution in [0.2, 0.25) is 0 Å². The summed E-state index contributed by atoms with van der Waals surface area (Å²) in [6.45, 7) is 4.27. The maximum atomic E-state index is 12.7. The Morgan fingerprint density at radius 2 is 1.34 bits per heavy atom. The van der Waals surface area contributed by atoms with Gasteiger partial charge < -0.3 is 29.4 Å². The lowest BCUT2D eigenvalue weighted by Gasteiger charge is -2.13. The van der Waals surface area contributed by atoms with E-state index in [1.165, 1.54) is 12.1 Å². The van der Waals surface area contributed by atoms with Gasteiger partial charge in [-0.15, -0.1) is 0 Å². The highest BCUT2D eigenvalue weighted by Gasteiger charge is 2.17. The van der Waals surface area contributed by atoms with Crippen LogP contribution in [0.25, 0.3) is 0 Å². The topological polar surface area (TPSA) is 164 Å². The molecule has 11 heteroatoms. The van der Waals surface area contributed by atoms with Gasteiger partial charge in [-0.2, -0.15) is 4.98 Å². The van der Waals surface area contributed by atoms with E-state index in [0.29, 0.717) is 35.8 Å². The van der Waals surface area contributed by atoms with Gasteiger partial charge in [0.2, 0.25) is 23.6 Å². The molecule has 0 saturated carbocycles. The molecule has 198 valence electrons. The smallest absolute Gasteiger partial charge is 0.305 e. The van der Waals surface area contributed by atoms with Gasteiger partial charge in [0.05, 0.1) is 19.6 Å². The number of rotatable bonds is 12. The van der Waals surface area contributed by atoms with Gasteiger partial charge in [0.15, 0.2) is 0 Å². The van der Waals surface area contributed by atoms with Crippen LogP contribution in [0.15, 0.2) is 60.7 Å². The fourth-order valence-electron chi connectivity index (χ4n) is 3.15. The third kappa shape index (κ3) is 7.79. The highest BCUT2D eigenvalue weighted by atomic mass is 16.5. The van der Waals surface area contributed by atoms with Crippen molar-refractivity contribution >= 4 is 23.7 Å². The van der Waals surface area contributed by atoms with Gasteiger partial charge in [0.25, 0.3) is 5.91 Å². The first-order valence-corrected chi connectivity index (χ1v) is 11.8. The maximum absolute atomic E-state index is 12.7. The molecule has 0 aliphatic rings. The Morgan fingerprint density at radius 1 is 0.816 bits per heavy atom. The fourth-order valence-corrected chi connectivity index (χ4v) is 3.15. The standard InChI is InChI=1S/C27H28N4O7/c1-3-35-24(28)17-5-9-19(10-6-17)37-22-14-13-21(26(34)30-16-15-23(32)33)27(31-22)38-20-11-7-18(8-12-20)25(29)36-4-2/h5-14,28-29H,3-4,15-16H2,1-2H3,(H,30,34)(H,32,33). The van der Waals surface area contributed by atoms with E-state index in [-0.39, 0.29) is 42.1 Å². The van der Waals surface area contributed by atoms with Gasteiger partial charge in [0.1, 0.15) is 17.1 Å². The molecule has 1 heterocycles. The quantitative estimate of drug-likeness (QED) is 0.199. The minimum absolute atomic E-state index is 0.0217. The second-order valence-corrected chi connectivity index (χ2v) is 7.68. The van der Waals surface area contributed by atoms with Crippen LogP contribution in [0.1, 0.15) is 41.8 Å². The average molecular weight is 521 g/mol. The number of nitrogens with zero attached hydrogens (tertiary/aromatic N) is 1. The number of ether oxygens (including phenoxy) is 4. The number of carbonyl (C=O) groups is 2. The fraction of sp³-hybridized carbons (Fsp3) is 0.222. The number of pyridine rings is 1. The van der Waals surface area contributed by atoms with Crippen LogP contribution >= 0.6 is 0 Å². The molecule has 0 unspecified atom stereocenters. The van der Waals surface area contributed by atoms with Crippen molar-refractivity contribution in [2.45, 2.75) is 20.3 Å². The van der Waals surface area contributed by atoms with Gasteiger partial charge in [-0.25, -0.2) is 0 Å². The van der Waals surface area contributed by atoms with Crippen LogP contribution in [-0.2, 0) is 14.3 Å². The normalized spacial score (nSPS) is 10.3. The predicted octanol–water partition coefficient (Wildman–Crippen LogP) is 4.59. The highest BCUT2D eigenvalue weighted by Crippen LogP contribution is 2.29. The molecule has 0 aliphatic heterocycles. The number of aliphatic carboxylic acids is 1. The minimum Gasteiger partial charge on any atom is -0.481 e. The second kappa shape index (κ2) is 13.4. The molecule has 0 spiro atoms. The molecular weight excluding hydrogens is 492 g/mol. The van der Waals surface area contributed by atoms with E-state index in [1.54, 1.807) is 62.4 Å². The van der Waals surface area contributed by atoms with Crippen molar-refractivity contribution < 1.29 is 33.6 Å². The zero-order valence-electron chi connectivity index (χ0n) is 20.9. The summed E-state index contributed by atoms with van der Waals surface area (Å²) in [4.78, 5) is 27.9. The lowest BCUT2D eigenvalue weighted by Crippen LogP contribution is -2.26. The molecule has 0 saturated heterocycles. The molecule has 0 atom stereocenters. The number of benzene rings is 2. The Kier molecular flexibility index (Phi) is 9.75. The zero-order chi connectivity index (χ0) is 27.5. The van der Waals surface area contributed by atoms with E-state index < -0.39 is 11.9 Å². The van der Waals surface area contributed by atoms with Crippen molar-refractivity contribution in [3.05, 3.63) is 77.4 Å². The van der Waals surface area contributed by atoms with Crippen molar-refractivity contribution in [1.29, 1.82) is 10.8 Å². The second-order valence-electron chi connectivity index (χ2n) is 7.68. The average Bonchev–Trinajstić information content (AvgIpc) is 2.89. The lowest BCUT2D eigenvalue weighted by molar-refractivity contribution is -0.136. The van der Waals surface area contributed by atoms with E-state index in [2.05, 4.69) is 10.3 Å². The summed E-state index contributed by atoms with van der Waals surface area (Å²) < 4.78 is 22.1. The lowest BCUT2D eigenvalue weighted by atomic mass is 10.2. The van der Waals surface area contributed by atoms with Crippen LogP contribution in [0.4, 0.5) is 0 Å². The number of aromatic nitrogens is 1. The molecule has 38 heavy (non-hydrogen) atoms. The maximum Gasteiger partial charge on any atom is 0.305 e. The van der Waals surface area contributed by atoms with Crippen LogP contribution in [0.5, 0.6) is 23.3 Å². The summed E-state index contributed by atoms with van der Waals surface area (Å²) in [5, 5.41) is 27.1. The van der Waals surface area contributed by atoms with E-state index in [9.17, 15) is 9.59 Å². The van der Waals surface area contributed by atoms with Gasteiger partial charge in [-0.3, -0.25) is 20.4 Å². The number of amides is 1. The summed E-state index contributed by atoms with van der Waals surface area (Å²) in [5.74, 6) is -0.656. The van der Waals surface area contributed by atoms with E-state index >= 15 is 0 Å². The Labute approximate surface area is 219 Å². The Morgan fingerprint density at radius 3 is 1.84 bits per heavy atom. The Balaban J connectivity index is 1.84. The Bertz CT molecular complexity index is 1290. The molecule has 0 fully saturated rings. The first-order valence-electron chi connectivity index (χ1n) is 11.8. The van der Waals surface area contributed by atoms with E-state index in [4.69, 9.17) is 34.9 Å². The van der Waals surface area contributed by atoms with Gasteiger partial charge in [-0.1, -0.05) is 0 Å². The number of nitrogens with one attached hydrogen (secondary N) is 3. The molecule has 0 aliphatic carbocycles. The van der Waals surface area contributed by atoms with Crippen molar-refractivity contribution in [2.75, 3.05) is 19.8 Å².